The van der Waals surface area contributed by atoms with Crippen LogP contribution in [0.15, 0.2) is 18.2 Å². The molecule has 1 aromatic carbocycles. The fourth-order valence-corrected chi connectivity index (χ4v) is 2.03. The summed E-state index contributed by atoms with van der Waals surface area (Å²) in [6, 6.07) is 5.64. The summed E-state index contributed by atoms with van der Waals surface area (Å²) in [6.07, 6.45) is 0.886. The summed E-state index contributed by atoms with van der Waals surface area (Å²) in [5, 5.41) is 8.58. The first-order chi connectivity index (χ1) is 9.20. The fourth-order valence-electron chi connectivity index (χ4n) is 2.03. The summed E-state index contributed by atoms with van der Waals surface area (Å²) >= 11 is 0. The number of benzene rings is 1. The molecule has 6 heteroatoms. The highest BCUT2D eigenvalue weighted by Gasteiger charge is 2.13. The Bertz CT molecular complexity index is 491. The van der Waals surface area contributed by atoms with Crippen molar-refractivity contribution in [1.82, 2.24) is 16.0 Å². The van der Waals surface area contributed by atoms with Crippen LogP contribution in [0.4, 0.5) is 0 Å². The smallest absolute Gasteiger partial charge is 0.251 e. The lowest BCUT2D eigenvalue weighted by atomic mass is 10.1. The van der Waals surface area contributed by atoms with Gasteiger partial charge in [-0.15, -0.1) is 12.4 Å². The Morgan fingerprint density at radius 2 is 1.95 bits per heavy atom. The zero-order valence-electron chi connectivity index (χ0n) is 11.5. The van der Waals surface area contributed by atoms with Gasteiger partial charge in [-0.3, -0.25) is 9.59 Å². The van der Waals surface area contributed by atoms with Gasteiger partial charge in [0.2, 0.25) is 5.91 Å². The van der Waals surface area contributed by atoms with Crippen LogP contribution in [0, 0.1) is 0 Å². The zero-order chi connectivity index (χ0) is 13.7. The molecule has 0 fully saturated rings. The monoisotopic (exact) mass is 297 g/mol. The average Bonchev–Trinajstić information content (AvgIpc) is 2.89. The van der Waals surface area contributed by atoms with Crippen LogP contribution < -0.4 is 16.0 Å². The van der Waals surface area contributed by atoms with E-state index in [1.807, 2.05) is 19.1 Å². The largest absolute Gasteiger partial charge is 0.355 e. The van der Waals surface area contributed by atoms with Gasteiger partial charge < -0.3 is 16.0 Å². The van der Waals surface area contributed by atoms with Gasteiger partial charge in [0.1, 0.15) is 0 Å². The van der Waals surface area contributed by atoms with Gasteiger partial charge in [0.15, 0.2) is 0 Å². The van der Waals surface area contributed by atoms with Crippen LogP contribution in [0.5, 0.6) is 0 Å². The number of carbonyl (C=O) groups excluding carboxylic acids is 2. The topological polar surface area (TPSA) is 70.2 Å². The van der Waals surface area contributed by atoms with Gasteiger partial charge in [-0.05, 0) is 29.7 Å². The maximum absolute atomic E-state index is 11.9. The number of carbonyl (C=O) groups is 2. The first-order valence-corrected chi connectivity index (χ1v) is 6.58. The molecule has 0 bridgehead atoms. The van der Waals surface area contributed by atoms with E-state index in [0.29, 0.717) is 12.1 Å². The molecular weight excluding hydrogens is 278 g/mol. The molecule has 0 atom stereocenters. The van der Waals surface area contributed by atoms with E-state index in [0.717, 1.165) is 25.1 Å². The van der Waals surface area contributed by atoms with Gasteiger partial charge in [-0.1, -0.05) is 13.0 Å². The van der Waals surface area contributed by atoms with Crippen LogP contribution >= 0.6 is 12.4 Å². The van der Waals surface area contributed by atoms with Crippen molar-refractivity contribution in [3.63, 3.8) is 0 Å². The Hall–Kier alpha value is -1.59. The number of nitrogens with one attached hydrogen (secondary N) is 3. The van der Waals surface area contributed by atoms with Crippen LogP contribution in [0.3, 0.4) is 0 Å². The normalized spacial score (nSPS) is 12.2. The van der Waals surface area contributed by atoms with Gasteiger partial charge in [0.25, 0.3) is 5.91 Å². The Morgan fingerprint density at radius 3 is 2.70 bits per heavy atom. The highest BCUT2D eigenvalue weighted by atomic mass is 35.5. The van der Waals surface area contributed by atoms with E-state index in [1.165, 1.54) is 5.56 Å². The third kappa shape index (κ3) is 4.21. The molecule has 0 spiro atoms. The minimum atomic E-state index is -0.207. The van der Waals surface area contributed by atoms with Crippen molar-refractivity contribution in [3.8, 4) is 0 Å². The van der Waals surface area contributed by atoms with E-state index in [2.05, 4.69) is 16.0 Å². The second kappa shape index (κ2) is 7.87. The number of hydrogen-bond acceptors (Lipinski definition) is 3. The molecule has 3 N–H and O–H groups in total. The summed E-state index contributed by atoms with van der Waals surface area (Å²) < 4.78 is 0. The highest BCUT2D eigenvalue weighted by Crippen LogP contribution is 2.16. The minimum absolute atomic E-state index is 0. The molecule has 0 unspecified atom stereocenters. The molecule has 1 heterocycles. The van der Waals surface area contributed by atoms with E-state index in [1.54, 1.807) is 6.07 Å². The highest BCUT2D eigenvalue weighted by molar-refractivity contribution is 5.96. The first kappa shape index (κ1) is 16.5. The average molecular weight is 298 g/mol. The third-order valence-corrected chi connectivity index (χ3v) is 3.08. The van der Waals surface area contributed by atoms with Gasteiger partial charge in [-0.2, -0.15) is 0 Å². The van der Waals surface area contributed by atoms with Crippen molar-refractivity contribution >= 4 is 24.2 Å². The van der Waals surface area contributed by atoms with Gasteiger partial charge in [-0.25, -0.2) is 0 Å². The molecule has 0 aromatic heterocycles. The second-order valence-corrected chi connectivity index (χ2v) is 4.62. The zero-order valence-corrected chi connectivity index (χ0v) is 12.3. The van der Waals surface area contributed by atoms with E-state index in [4.69, 9.17) is 0 Å². The quantitative estimate of drug-likeness (QED) is 0.758. The van der Waals surface area contributed by atoms with Crippen molar-refractivity contribution in [2.75, 3.05) is 13.1 Å². The molecule has 0 saturated heterocycles. The summed E-state index contributed by atoms with van der Waals surface area (Å²) in [6.45, 7) is 4.30. The standard InChI is InChI=1S/C14H19N3O2.ClH/c1-2-5-16-13(18)9-17-14(19)10-3-4-11-7-15-8-12(11)6-10;/h3-4,6,15H,2,5,7-9H2,1H3,(H,16,18)(H,17,19);1H. The molecule has 110 valence electrons. The SMILES string of the molecule is CCCNC(=O)CNC(=O)c1ccc2c(c1)CNC2.Cl. The maximum atomic E-state index is 11.9. The molecule has 2 amide bonds. The fraction of sp³-hybridized carbons (Fsp3) is 0.429. The number of amides is 2. The van der Waals surface area contributed by atoms with Gasteiger partial charge in [0, 0.05) is 25.2 Å². The van der Waals surface area contributed by atoms with E-state index < -0.39 is 0 Å². The summed E-state index contributed by atoms with van der Waals surface area (Å²) in [7, 11) is 0. The number of halogens is 1. The van der Waals surface area contributed by atoms with Crippen molar-refractivity contribution < 1.29 is 9.59 Å². The van der Waals surface area contributed by atoms with Crippen molar-refractivity contribution in [2.45, 2.75) is 26.4 Å². The van der Waals surface area contributed by atoms with Crippen LogP contribution in [0.1, 0.15) is 34.8 Å². The van der Waals surface area contributed by atoms with Crippen LogP contribution in [0.2, 0.25) is 0 Å². The summed E-state index contributed by atoms with van der Waals surface area (Å²) in [5.74, 6) is -0.362. The third-order valence-electron chi connectivity index (χ3n) is 3.08. The molecule has 0 aliphatic carbocycles. The number of fused-ring (bicyclic) bond motifs is 1. The van der Waals surface area contributed by atoms with Gasteiger partial charge in [0.05, 0.1) is 6.54 Å². The second-order valence-electron chi connectivity index (χ2n) is 4.62. The summed E-state index contributed by atoms with van der Waals surface area (Å²) in [4.78, 5) is 23.3. The minimum Gasteiger partial charge on any atom is -0.355 e. The Labute approximate surface area is 124 Å². The van der Waals surface area contributed by atoms with Crippen molar-refractivity contribution in [3.05, 3.63) is 34.9 Å². The van der Waals surface area contributed by atoms with E-state index in [-0.39, 0.29) is 30.8 Å². The molecule has 0 radical (unpaired) electrons. The maximum Gasteiger partial charge on any atom is 0.251 e. The predicted octanol–water partition coefficient (Wildman–Crippen LogP) is 0.968. The lowest BCUT2D eigenvalue weighted by Gasteiger charge is -2.07. The van der Waals surface area contributed by atoms with Crippen LogP contribution in [-0.4, -0.2) is 24.9 Å². The van der Waals surface area contributed by atoms with Crippen molar-refractivity contribution in [1.29, 1.82) is 0 Å². The molecule has 0 saturated carbocycles. The molecule has 5 nitrogen and oxygen atoms in total. The number of hydrogen-bond donors (Lipinski definition) is 3. The van der Waals surface area contributed by atoms with Crippen molar-refractivity contribution in [2.24, 2.45) is 0 Å². The first-order valence-electron chi connectivity index (χ1n) is 6.58. The van der Waals surface area contributed by atoms with E-state index >= 15 is 0 Å². The van der Waals surface area contributed by atoms with Gasteiger partial charge >= 0.3 is 0 Å². The van der Waals surface area contributed by atoms with Crippen LogP contribution in [-0.2, 0) is 17.9 Å². The van der Waals surface area contributed by atoms with E-state index in [9.17, 15) is 9.59 Å². The molecule has 1 aromatic rings. The Balaban J connectivity index is 0.00000200. The molecule has 1 aliphatic rings. The summed E-state index contributed by atoms with van der Waals surface area (Å²) in [5.41, 5.74) is 2.99. The lowest BCUT2D eigenvalue weighted by molar-refractivity contribution is -0.120. The number of rotatable bonds is 5. The predicted molar refractivity (Wildman–Crippen MR) is 79.9 cm³/mol. The van der Waals surface area contributed by atoms with Crippen LogP contribution in [0.25, 0.3) is 0 Å². The molecule has 2 rings (SSSR count). The molecule has 1 aliphatic heterocycles. The lowest BCUT2D eigenvalue weighted by Crippen LogP contribution is -2.37. The molecular formula is C14H20ClN3O2. The Kier molecular flexibility index (Phi) is 6.48. The molecule has 20 heavy (non-hydrogen) atoms. The Morgan fingerprint density at radius 1 is 1.20 bits per heavy atom.